The van der Waals surface area contributed by atoms with Crippen LogP contribution in [0, 0.1) is 4.77 Å². The molecule has 5 nitrogen and oxygen atoms in total. The number of hydrogen-bond donors (Lipinski definition) is 1. The molecular formula is C13H17N3O2S. The third-order valence-electron chi connectivity index (χ3n) is 2.58. The number of rotatable bonds is 5. The number of aryl methyl sites for hydroxylation is 1. The normalized spacial score (nSPS) is 10.5. The minimum Gasteiger partial charge on any atom is -0.490 e. The van der Waals surface area contributed by atoms with E-state index in [1.54, 1.807) is 4.68 Å². The molecule has 1 aromatic heterocycles. The van der Waals surface area contributed by atoms with Gasteiger partial charge in [0.15, 0.2) is 17.3 Å². The van der Waals surface area contributed by atoms with Crippen molar-refractivity contribution in [2.24, 2.45) is 7.05 Å². The fourth-order valence-electron chi connectivity index (χ4n) is 1.73. The van der Waals surface area contributed by atoms with Crippen LogP contribution in [0.1, 0.15) is 13.8 Å². The van der Waals surface area contributed by atoms with Gasteiger partial charge in [0.25, 0.3) is 0 Å². The molecule has 0 saturated carbocycles. The van der Waals surface area contributed by atoms with E-state index >= 15 is 0 Å². The predicted molar refractivity (Wildman–Crippen MR) is 76.2 cm³/mol. The molecule has 0 amide bonds. The second-order valence-corrected chi connectivity index (χ2v) is 4.31. The van der Waals surface area contributed by atoms with Crippen molar-refractivity contribution in [3.8, 4) is 22.9 Å². The highest BCUT2D eigenvalue weighted by atomic mass is 32.1. The maximum absolute atomic E-state index is 5.59. The number of hydrogen-bond acceptors (Lipinski definition) is 4. The summed E-state index contributed by atoms with van der Waals surface area (Å²) in [4.78, 5) is 4.28. The first-order chi connectivity index (χ1) is 9.15. The summed E-state index contributed by atoms with van der Waals surface area (Å²) in [5.74, 6) is 2.17. The molecule has 0 saturated heterocycles. The molecular weight excluding hydrogens is 262 g/mol. The fraction of sp³-hybridized carbons (Fsp3) is 0.385. The Labute approximate surface area is 117 Å². The van der Waals surface area contributed by atoms with Crippen LogP contribution in [-0.4, -0.2) is 28.0 Å². The van der Waals surface area contributed by atoms with Gasteiger partial charge in [-0.2, -0.15) is 4.98 Å². The number of H-pyrrole nitrogens is 1. The van der Waals surface area contributed by atoms with Crippen LogP contribution in [0.2, 0.25) is 0 Å². The van der Waals surface area contributed by atoms with E-state index in [-0.39, 0.29) is 0 Å². The molecule has 6 heteroatoms. The highest BCUT2D eigenvalue weighted by Gasteiger charge is 2.09. The number of nitrogens with zero attached hydrogens (tertiary/aromatic N) is 2. The number of ether oxygens (including phenoxy) is 2. The largest absolute Gasteiger partial charge is 0.490 e. The summed E-state index contributed by atoms with van der Waals surface area (Å²) < 4.78 is 13.3. The van der Waals surface area contributed by atoms with Crippen molar-refractivity contribution >= 4 is 12.2 Å². The number of nitrogens with one attached hydrogen (secondary N) is 1. The van der Waals surface area contributed by atoms with Gasteiger partial charge in [0.05, 0.1) is 13.2 Å². The molecule has 0 spiro atoms. The summed E-state index contributed by atoms with van der Waals surface area (Å²) in [5, 5.41) is 3.09. The predicted octanol–water partition coefficient (Wildman–Crippen LogP) is 2.94. The Morgan fingerprint density at radius 3 is 2.47 bits per heavy atom. The number of aromatic nitrogens is 3. The molecule has 19 heavy (non-hydrogen) atoms. The lowest BCUT2D eigenvalue weighted by molar-refractivity contribution is 0.288. The van der Waals surface area contributed by atoms with Crippen molar-refractivity contribution in [3.05, 3.63) is 23.0 Å². The van der Waals surface area contributed by atoms with E-state index in [2.05, 4.69) is 10.1 Å². The van der Waals surface area contributed by atoms with E-state index < -0.39 is 0 Å². The zero-order chi connectivity index (χ0) is 13.8. The van der Waals surface area contributed by atoms with Crippen LogP contribution in [0.25, 0.3) is 11.4 Å². The Bertz CT molecular complexity index is 619. The van der Waals surface area contributed by atoms with Crippen LogP contribution < -0.4 is 9.47 Å². The highest BCUT2D eigenvalue weighted by Crippen LogP contribution is 2.31. The fourth-order valence-corrected chi connectivity index (χ4v) is 1.87. The summed E-state index contributed by atoms with van der Waals surface area (Å²) in [5.41, 5.74) is 0.915. The van der Waals surface area contributed by atoms with Gasteiger partial charge in [0.2, 0.25) is 4.77 Å². The zero-order valence-corrected chi connectivity index (χ0v) is 12.1. The molecule has 1 heterocycles. The molecule has 1 N–H and O–H groups in total. The quantitative estimate of drug-likeness (QED) is 0.855. The number of benzene rings is 1. The van der Waals surface area contributed by atoms with Gasteiger partial charge in [-0.1, -0.05) is 0 Å². The van der Waals surface area contributed by atoms with Gasteiger partial charge in [-0.25, -0.2) is 0 Å². The van der Waals surface area contributed by atoms with Gasteiger partial charge in [0.1, 0.15) is 0 Å². The lowest BCUT2D eigenvalue weighted by atomic mass is 10.2. The highest BCUT2D eigenvalue weighted by molar-refractivity contribution is 7.71. The van der Waals surface area contributed by atoms with Crippen molar-refractivity contribution in [1.29, 1.82) is 0 Å². The molecule has 0 atom stereocenters. The molecule has 2 rings (SSSR count). The van der Waals surface area contributed by atoms with Crippen LogP contribution >= 0.6 is 12.2 Å². The molecule has 0 unspecified atom stereocenters. The molecule has 0 aliphatic rings. The molecule has 0 fully saturated rings. The Morgan fingerprint density at radius 2 is 1.89 bits per heavy atom. The third-order valence-corrected chi connectivity index (χ3v) is 2.95. The molecule has 0 aliphatic heterocycles. The molecule has 2 aromatic rings. The first-order valence-corrected chi connectivity index (χ1v) is 6.59. The molecule has 0 radical (unpaired) electrons. The summed E-state index contributed by atoms with van der Waals surface area (Å²) in [6.07, 6.45) is 0. The van der Waals surface area contributed by atoms with Crippen molar-refractivity contribution in [3.63, 3.8) is 0 Å². The Hall–Kier alpha value is -1.82. The maximum atomic E-state index is 5.59. The van der Waals surface area contributed by atoms with Crippen LogP contribution in [0.4, 0.5) is 0 Å². The van der Waals surface area contributed by atoms with Gasteiger partial charge >= 0.3 is 0 Å². The van der Waals surface area contributed by atoms with Gasteiger partial charge in [-0.3, -0.25) is 9.78 Å². The van der Waals surface area contributed by atoms with Gasteiger partial charge in [0, 0.05) is 12.6 Å². The van der Waals surface area contributed by atoms with Crippen LogP contribution in [0.3, 0.4) is 0 Å². The standard InChI is InChI=1S/C13H17N3O2S/c1-4-17-10-7-6-9(8-11(10)18-5-2)12-14-13(19)16(3)15-12/h6-8H,4-5H2,1-3H3,(H,14,15,19). The average Bonchev–Trinajstić information content (AvgIpc) is 2.72. The molecule has 1 aromatic carbocycles. The van der Waals surface area contributed by atoms with Crippen molar-refractivity contribution in [2.45, 2.75) is 13.8 Å². The second kappa shape index (κ2) is 5.88. The minimum atomic E-state index is 0.516. The Balaban J connectivity index is 2.42. The van der Waals surface area contributed by atoms with Crippen molar-refractivity contribution < 1.29 is 9.47 Å². The summed E-state index contributed by atoms with van der Waals surface area (Å²) in [6, 6.07) is 5.72. The summed E-state index contributed by atoms with van der Waals surface area (Å²) in [7, 11) is 1.83. The maximum Gasteiger partial charge on any atom is 0.216 e. The Kier molecular flexibility index (Phi) is 4.21. The van der Waals surface area contributed by atoms with E-state index in [0.29, 0.717) is 23.7 Å². The van der Waals surface area contributed by atoms with Gasteiger partial charge < -0.3 is 9.47 Å². The summed E-state index contributed by atoms with van der Waals surface area (Å²) >= 11 is 5.09. The van der Waals surface area contributed by atoms with E-state index in [9.17, 15) is 0 Å². The van der Waals surface area contributed by atoms with Crippen LogP contribution in [0.5, 0.6) is 11.5 Å². The van der Waals surface area contributed by atoms with Crippen LogP contribution in [-0.2, 0) is 7.05 Å². The second-order valence-electron chi connectivity index (χ2n) is 3.94. The molecule has 0 bridgehead atoms. The third kappa shape index (κ3) is 2.96. The van der Waals surface area contributed by atoms with Crippen LogP contribution in [0.15, 0.2) is 18.2 Å². The first kappa shape index (κ1) is 13.6. The van der Waals surface area contributed by atoms with Gasteiger partial charge in [-0.05, 0) is 44.3 Å². The topological polar surface area (TPSA) is 52.1 Å². The molecule has 0 aliphatic carbocycles. The monoisotopic (exact) mass is 279 g/mol. The van der Waals surface area contributed by atoms with Crippen molar-refractivity contribution in [1.82, 2.24) is 14.8 Å². The van der Waals surface area contributed by atoms with E-state index in [0.717, 1.165) is 17.1 Å². The Morgan fingerprint density at radius 1 is 1.21 bits per heavy atom. The van der Waals surface area contributed by atoms with E-state index in [1.165, 1.54) is 0 Å². The van der Waals surface area contributed by atoms with E-state index in [1.807, 2.05) is 39.1 Å². The smallest absolute Gasteiger partial charge is 0.216 e. The first-order valence-electron chi connectivity index (χ1n) is 6.18. The molecule has 102 valence electrons. The summed E-state index contributed by atoms with van der Waals surface area (Å²) in [6.45, 7) is 5.07. The lowest BCUT2D eigenvalue weighted by Crippen LogP contribution is -1.98. The average molecular weight is 279 g/mol. The SMILES string of the molecule is CCOc1ccc(-c2nc(=S)n(C)[nH]2)cc1OCC. The lowest BCUT2D eigenvalue weighted by Gasteiger charge is -2.11. The van der Waals surface area contributed by atoms with Crippen molar-refractivity contribution in [2.75, 3.05) is 13.2 Å². The minimum absolute atomic E-state index is 0.516. The van der Waals surface area contributed by atoms with Gasteiger partial charge in [-0.15, -0.1) is 0 Å². The van der Waals surface area contributed by atoms with E-state index in [4.69, 9.17) is 21.7 Å². The zero-order valence-electron chi connectivity index (χ0n) is 11.3. The number of aromatic amines is 1.